The van der Waals surface area contributed by atoms with E-state index in [1.807, 2.05) is 6.92 Å². The number of carbonyl (C=O) groups is 3. The van der Waals surface area contributed by atoms with Crippen LogP contribution in [0.1, 0.15) is 19.8 Å². The van der Waals surface area contributed by atoms with Crippen LogP contribution in [0.2, 0.25) is 0 Å². The van der Waals surface area contributed by atoms with E-state index in [1.54, 1.807) is 22.7 Å². The summed E-state index contributed by atoms with van der Waals surface area (Å²) < 4.78 is 13.2. The first-order valence-corrected chi connectivity index (χ1v) is 9.05. The third kappa shape index (κ3) is 3.49. The Labute approximate surface area is 149 Å². The van der Waals surface area contributed by atoms with Gasteiger partial charge in [-0.15, -0.1) is 11.8 Å². The minimum absolute atomic E-state index is 0.0107. The van der Waals surface area contributed by atoms with Gasteiger partial charge < -0.3 is 15.1 Å². The first-order valence-electron chi connectivity index (χ1n) is 8.07. The van der Waals surface area contributed by atoms with Crippen LogP contribution >= 0.6 is 11.8 Å². The number of halogens is 1. The number of rotatable bonds is 4. The van der Waals surface area contributed by atoms with Gasteiger partial charge in [0.15, 0.2) is 0 Å². The lowest BCUT2D eigenvalue weighted by Gasteiger charge is -2.31. The van der Waals surface area contributed by atoms with E-state index in [0.717, 1.165) is 6.42 Å². The average Bonchev–Trinajstić information content (AvgIpc) is 3.03. The number of anilines is 1. The van der Waals surface area contributed by atoms with Gasteiger partial charge in [-0.25, -0.2) is 4.39 Å². The van der Waals surface area contributed by atoms with Crippen LogP contribution in [-0.4, -0.2) is 57.8 Å². The van der Waals surface area contributed by atoms with Gasteiger partial charge in [0.1, 0.15) is 11.9 Å². The van der Waals surface area contributed by atoms with Crippen LogP contribution in [-0.2, 0) is 14.4 Å². The highest BCUT2D eigenvalue weighted by Gasteiger charge is 2.53. The van der Waals surface area contributed by atoms with E-state index in [9.17, 15) is 18.8 Å². The zero-order chi connectivity index (χ0) is 18.2. The Morgan fingerprint density at radius 1 is 1.48 bits per heavy atom. The van der Waals surface area contributed by atoms with Crippen molar-refractivity contribution in [3.05, 3.63) is 30.1 Å². The highest BCUT2D eigenvalue weighted by atomic mass is 32.2. The van der Waals surface area contributed by atoms with Crippen molar-refractivity contribution in [2.75, 3.05) is 24.7 Å². The number of fused-ring (bicyclic) bond motifs is 1. The summed E-state index contributed by atoms with van der Waals surface area (Å²) >= 11 is 1.61. The van der Waals surface area contributed by atoms with E-state index < -0.39 is 17.8 Å². The second kappa shape index (κ2) is 6.67. The Morgan fingerprint density at radius 3 is 2.96 bits per heavy atom. The maximum atomic E-state index is 13.2. The molecule has 1 N–H and O–H groups in total. The van der Waals surface area contributed by atoms with E-state index >= 15 is 0 Å². The molecule has 2 fully saturated rings. The number of carbonyl (C=O) groups excluding carboxylic acids is 3. The molecular weight excluding hydrogens is 345 g/mol. The van der Waals surface area contributed by atoms with Crippen LogP contribution in [0.5, 0.6) is 0 Å². The number of hydrogen-bond acceptors (Lipinski definition) is 4. The lowest BCUT2D eigenvalue weighted by Crippen LogP contribution is -2.51. The van der Waals surface area contributed by atoms with Crippen molar-refractivity contribution in [3.8, 4) is 0 Å². The Balaban J connectivity index is 1.61. The number of nitrogens with zero attached hydrogens (tertiary/aromatic N) is 2. The standard InChI is InChI=1S/C17H20FN3O3S/c1-17-7-6-15(23)21(17)13(10-25-17)16(24)20(2)9-14(22)19-12-5-3-4-11(18)8-12/h3-5,8,13H,6-7,9-10H2,1-2H3,(H,19,22)/t13-,17-/m0/s1. The van der Waals surface area contributed by atoms with Crippen LogP contribution < -0.4 is 5.32 Å². The van der Waals surface area contributed by atoms with Crippen molar-refractivity contribution >= 4 is 35.2 Å². The minimum atomic E-state index is -0.531. The fraction of sp³-hybridized carbons (Fsp3) is 0.471. The van der Waals surface area contributed by atoms with E-state index in [-0.39, 0.29) is 23.2 Å². The largest absolute Gasteiger partial charge is 0.335 e. The Morgan fingerprint density at radius 2 is 2.24 bits per heavy atom. The second-order valence-corrected chi connectivity index (χ2v) is 8.02. The number of likely N-dealkylation sites (N-methyl/N-ethyl adjacent to an activating group) is 1. The first-order chi connectivity index (χ1) is 11.8. The molecule has 3 rings (SSSR count). The van der Waals surface area contributed by atoms with Crippen molar-refractivity contribution in [3.63, 3.8) is 0 Å². The molecule has 25 heavy (non-hydrogen) atoms. The van der Waals surface area contributed by atoms with Gasteiger partial charge in [-0.3, -0.25) is 14.4 Å². The van der Waals surface area contributed by atoms with E-state index in [0.29, 0.717) is 17.9 Å². The molecule has 2 aliphatic rings. The fourth-order valence-corrected chi connectivity index (χ4v) is 4.74. The van der Waals surface area contributed by atoms with Gasteiger partial charge in [0.25, 0.3) is 0 Å². The molecule has 3 amide bonds. The third-order valence-electron chi connectivity index (χ3n) is 4.60. The van der Waals surface area contributed by atoms with E-state index in [1.165, 1.54) is 30.1 Å². The summed E-state index contributed by atoms with van der Waals surface area (Å²) in [6, 6.07) is 5.03. The number of thioether (sulfide) groups is 1. The van der Waals surface area contributed by atoms with Crippen LogP contribution in [0.25, 0.3) is 0 Å². The zero-order valence-electron chi connectivity index (χ0n) is 14.1. The summed E-state index contributed by atoms with van der Waals surface area (Å²) in [5, 5.41) is 2.56. The number of amides is 3. The third-order valence-corrected chi connectivity index (χ3v) is 6.10. The zero-order valence-corrected chi connectivity index (χ0v) is 14.9. The minimum Gasteiger partial charge on any atom is -0.335 e. The quantitative estimate of drug-likeness (QED) is 0.881. The first kappa shape index (κ1) is 17.7. The molecule has 2 saturated heterocycles. The van der Waals surface area contributed by atoms with E-state index in [4.69, 9.17) is 0 Å². The Kier molecular flexibility index (Phi) is 4.73. The molecule has 0 saturated carbocycles. The predicted octanol–water partition coefficient (Wildman–Crippen LogP) is 1.68. The van der Waals surface area contributed by atoms with Gasteiger partial charge in [0.05, 0.1) is 11.4 Å². The van der Waals surface area contributed by atoms with Crippen LogP contribution in [0.4, 0.5) is 10.1 Å². The molecule has 6 nitrogen and oxygen atoms in total. The molecule has 2 aliphatic heterocycles. The second-order valence-electron chi connectivity index (χ2n) is 6.52. The Bertz CT molecular complexity index is 729. The molecule has 1 aromatic carbocycles. The maximum Gasteiger partial charge on any atom is 0.246 e. The van der Waals surface area contributed by atoms with Gasteiger partial charge in [0, 0.05) is 24.9 Å². The molecule has 0 aliphatic carbocycles. The molecule has 0 aromatic heterocycles. The van der Waals surface area contributed by atoms with E-state index in [2.05, 4.69) is 5.32 Å². The molecule has 1 aromatic rings. The van der Waals surface area contributed by atoms with Crippen LogP contribution in [0.15, 0.2) is 24.3 Å². The number of nitrogens with one attached hydrogen (secondary N) is 1. The molecule has 0 spiro atoms. The molecular formula is C17H20FN3O3S. The van der Waals surface area contributed by atoms with Crippen LogP contribution in [0, 0.1) is 5.82 Å². The Hall–Kier alpha value is -2.09. The highest BCUT2D eigenvalue weighted by Crippen LogP contribution is 2.47. The average molecular weight is 365 g/mol. The molecule has 0 bridgehead atoms. The van der Waals surface area contributed by atoms with Crippen LogP contribution in [0.3, 0.4) is 0 Å². The molecule has 2 heterocycles. The molecule has 0 unspecified atom stereocenters. The predicted molar refractivity (Wildman–Crippen MR) is 93.4 cm³/mol. The normalized spacial score (nSPS) is 25.0. The van der Waals surface area contributed by atoms with Crippen molar-refractivity contribution < 1.29 is 18.8 Å². The molecule has 0 radical (unpaired) electrons. The monoisotopic (exact) mass is 365 g/mol. The van der Waals surface area contributed by atoms with Gasteiger partial charge in [0.2, 0.25) is 17.7 Å². The van der Waals surface area contributed by atoms with Gasteiger partial charge in [-0.05, 0) is 31.5 Å². The number of benzene rings is 1. The van der Waals surface area contributed by atoms with Gasteiger partial charge in [-0.1, -0.05) is 6.07 Å². The van der Waals surface area contributed by atoms with Crippen molar-refractivity contribution in [1.29, 1.82) is 0 Å². The summed E-state index contributed by atoms with van der Waals surface area (Å²) in [4.78, 5) is 39.6. The highest BCUT2D eigenvalue weighted by molar-refractivity contribution is 8.01. The maximum absolute atomic E-state index is 13.2. The van der Waals surface area contributed by atoms with Crippen molar-refractivity contribution in [2.45, 2.75) is 30.7 Å². The summed E-state index contributed by atoms with van der Waals surface area (Å²) in [5.74, 6) is -0.583. The lowest BCUT2D eigenvalue weighted by atomic mass is 10.2. The lowest BCUT2D eigenvalue weighted by molar-refractivity contribution is -0.143. The summed E-state index contributed by atoms with van der Waals surface area (Å²) in [7, 11) is 1.54. The molecule has 8 heteroatoms. The number of hydrogen-bond donors (Lipinski definition) is 1. The fourth-order valence-electron chi connectivity index (χ4n) is 3.32. The van der Waals surface area contributed by atoms with Crippen molar-refractivity contribution in [2.24, 2.45) is 0 Å². The molecule has 134 valence electrons. The molecule has 2 atom stereocenters. The topological polar surface area (TPSA) is 69.7 Å². The summed E-state index contributed by atoms with van der Waals surface area (Å²) in [6.45, 7) is 1.82. The van der Waals surface area contributed by atoms with Gasteiger partial charge in [-0.2, -0.15) is 0 Å². The van der Waals surface area contributed by atoms with Gasteiger partial charge >= 0.3 is 0 Å². The summed E-state index contributed by atoms with van der Waals surface area (Å²) in [5.41, 5.74) is 0.338. The van der Waals surface area contributed by atoms with Crippen molar-refractivity contribution in [1.82, 2.24) is 9.80 Å². The summed E-state index contributed by atoms with van der Waals surface area (Å²) in [6.07, 6.45) is 1.20. The SMILES string of the molecule is CN(CC(=O)Nc1cccc(F)c1)C(=O)[C@@H]1CS[C@@]2(C)CCC(=O)N12. The smallest absolute Gasteiger partial charge is 0.246 e.